The van der Waals surface area contributed by atoms with Gasteiger partial charge in [-0.1, -0.05) is 209 Å². The summed E-state index contributed by atoms with van der Waals surface area (Å²) in [6, 6.07) is 0. The first-order valence-electron chi connectivity index (χ1n) is 26.1. The number of hydrogen-bond donors (Lipinski definition) is 0. The van der Waals surface area contributed by atoms with Gasteiger partial charge in [0.25, 0.3) is 0 Å². The Kier molecular flexibility index (Phi) is 48.5. The quantitative estimate of drug-likeness (QED) is 0.0199. The molecule has 63 heavy (non-hydrogen) atoms. The van der Waals surface area contributed by atoms with Gasteiger partial charge in [0.2, 0.25) is 0 Å². The second-order valence-corrected chi connectivity index (χ2v) is 17.1. The van der Waals surface area contributed by atoms with E-state index < -0.39 is 6.10 Å². The molecule has 0 aromatic heterocycles. The fourth-order valence-corrected chi connectivity index (χ4v) is 6.98. The van der Waals surface area contributed by atoms with Crippen LogP contribution in [0, 0.1) is 0 Å². The van der Waals surface area contributed by atoms with E-state index in [0.29, 0.717) is 19.3 Å². The monoisotopic (exact) mass is 877 g/mol. The minimum atomic E-state index is -0.807. The van der Waals surface area contributed by atoms with Crippen molar-refractivity contribution in [3.05, 3.63) is 85.1 Å². The van der Waals surface area contributed by atoms with Crippen molar-refractivity contribution in [3.8, 4) is 0 Å². The summed E-state index contributed by atoms with van der Waals surface area (Å²) in [5.41, 5.74) is 0. The smallest absolute Gasteiger partial charge is 0.306 e. The molecule has 0 aliphatic carbocycles. The van der Waals surface area contributed by atoms with E-state index in [1.54, 1.807) is 0 Å². The zero-order valence-electron chi connectivity index (χ0n) is 41.1. The van der Waals surface area contributed by atoms with E-state index in [1.807, 2.05) is 0 Å². The SMILES string of the molecule is CC\C=C/C=C\C=C/CCCCCCCC(=O)OCC(COC(=O)CCC/C=C\C/C=C\C/C=C\CCCCCCCC)OC(=O)CCCCCCCCC/C=C\CCCCCC. The van der Waals surface area contributed by atoms with Gasteiger partial charge in [-0.15, -0.1) is 0 Å². The largest absolute Gasteiger partial charge is 0.462 e. The first kappa shape index (κ1) is 59.6. The summed E-state index contributed by atoms with van der Waals surface area (Å²) in [5, 5.41) is 0. The number of allylic oxidation sites excluding steroid dienone is 14. The zero-order chi connectivity index (χ0) is 45.8. The summed E-state index contributed by atoms with van der Waals surface area (Å²) in [7, 11) is 0. The average molecular weight is 877 g/mol. The molecule has 1 atom stereocenters. The van der Waals surface area contributed by atoms with E-state index in [4.69, 9.17) is 14.2 Å². The standard InChI is InChI=1S/C57H96O6/c1-4-7-10-13-16-19-22-25-27-28-30-32-35-38-41-44-47-50-56(59)62-53-54(52-61-55(58)49-46-43-40-37-34-31-24-21-18-15-12-9-6-3)63-57(60)51-48-45-42-39-36-33-29-26-23-20-17-14-11-8-5-2/h9,12,15,18,20-21,23-25,27,30,32,38,41,54H,4-8,10-11,13-14,16-17,19,22,26,28-29,31,33-37,39-40,42-53H2,1-3H3/b12-9-,18-15-,23-20-,24-21-,27-25-,32-30-,41-38-. The van der Waals surface area contributed by atoms with Gasteiger partial charge in [-0.05, 0) is 96.3 Å². The maximum absolute atomic E-state index is 12.8. The predicted molar refractivity (Wildman–Crippen MR) is 270 cm³/mol. The van der Waals surface area contributed by atoms with E-state index in [9.17, 15) is 14.4 Å². The Labute approximate surface area is 388 Å². The molecular weight excluding hydrogens is 781 g/mol. The number of unbranched alkanes of at least 4 members (excludes halogenated alkanes) is 23. The van der Waals surface area contributed by atoms with Gasteiger partial charge in [-0.3, -0.25) is 14.4 Å². The van der Waals surface area contributed by atoms with Crippen LogP contribution < -0.4 is 0 Å². The second-order valence-electron chi connectivity index (χ2n) is 17.1. The number of esters is 3. The molecule has 0 aliphatic heterocycles. The van der Waals surface area contributed by atoms with Crippen LogP contribution in [0.2, 0.25) is 0 Å². The van der Waals surface area contributed by atoms with Gasteiger partial charge in [0.15, 0.2) is 6.10 Å². The van der Waals surface area contributed by atoms with E-state index in [0.717, 1.165) is 83.5 Å². The minimum absolute atomic E-state index is 0.105. The lowest BCUT2D eigenvalue weighted by Crippen LogP contribution is -2.30. The van der Waals surface area contributed by atoms with Crippen molar-refractivity contribution < 1.29 is 28.6 Å². The highest BCUT2D eigenvalue weighted by molar-refractivity contribution is 5.71. The first-order valence-corrected chi connectivity index (χ1v) is 26.1. The average Bonchev–Trinajstić information content (AvgIpc) is 3.28. The molecule has 0 saturated heterocycles. The Morgan fingerprint density at radius 1 is 0.349 bits per heavy atom. The Morgan fingerprint density at radius 2 is 0.698 bits per heavy atom. The summed E-state index contributed by atoms with van der Waals surface area (Å²) < 4.78 is 16.7. The molecule has 6 nitrogen and oxygen atoms in total. The molecule has 0 radical (unpaired) electrons. The lowest BCUT2D eigenvalue weighted by Gasteiger charge is -2.18. The molecule has 0 fully saturated rings. The van der Waals surface area contributed by atoms with Gasteiger partial charge < -0.3 is 14.2 Å². The van der Waals surface area contributed by atoms with Crippen LogP contribution in [-0.2, 0) is 28.6 Å². The van der Waals surface area contributed by atoms with Crippen LogP contribution in [-0.4, -0.2) is 37.2 Å². The van der Waals surface area contributed by atoms with Crippen molar-refractivity contribution in [3.63, 3.8) is 0 Å². The highest BCUT2D eigenvalue weighted by atomic mass is 16.6. The lowest BCUT2D eigenvalue weighted by atomic mass is 10.1. The summed E-state index contributed by atoms with van der Waals surface area (Å²) in [5.74, 6) is -0.983. The Hall–Kier alpha value is -3.41. The van der Waals surface area contributed by atoms with Crippen LogP contribution in [0.4, 0.5) is 0 Å². The second kappa shape index (κ2) is 51.2. The zero-order valence-corrected chi connectivity index (χ0v) is 41.1. The maximum Gasteiger partial charge on any atom is 0.306 e. The van der Waals surface area contributed by atoms with E-state index >= 15 is 0 Å². The molecule has 0 spiro atoms. The molecule has 6 heteroatoms. The van der Waals surface area contributed by atoms with Crippen molar-refractivity contribution >= 4 is 17.9 Å². The molecule has 0 amide bonds. The molecule has 0 N–H and O–H groups in total. The Morgan fingerprint density at radius 3 is 1.19 bits per heavy atom. The minimum Gasteiger partial charge on any atom is -0.462 e. The number of carbonyl (C=O) groups excluding carboxylic acids is 3. The predicted octanol–water partition coefficient (Wildman–Crippen LogP) is 17.2. The molecule has 0 aliphatic rings. The lowest BCUT2D eigenvalue weighted by molar-refractivity contribution is -0.167. The van der Waals surface area contributed by atoms with Gasteiger partial charge in [-0.25, -0.2) is 0 Å². The molecule has 0 rings (SSSR count). The normalized spacial score (nSPS) is 12.7. The Balaban J connectivity index is 4.49. The van der Waals surface area contributed by atoms with Gasteiger partial charge in [0, 0.05) is 19.3 Å². The number of hydrogen-bond acceptors (Lipinski definition) is 6. The third-order valence-corrected chi connectivity index (χ3v) is 10.9. The van der Waals surface area contributed by atoms with Crippen LogP contribution in [0.3, 0.4) is 0 Å². The van der Waals surface area contributed by atoms with Crippen LogP contribution >= 0.6 is 0 Å². The van der Waals surface area contributed by atoms with Crippen LogP contribution in [0.15, 0.2) is 85.1 Å². The summed E-state index contributed by atoms with van der Waals surface area (Å²) >= 11 is 0. The number of carbonyl (C=O) groups is 3. The van der Waals surface area contributed by atoms with Gasteiger partial charge in [0.05, 0.1) is 0 Å². The molecule has 0 aromatic rings. The summed E-state index contributed by atoms with van der Waals surface area (Å²) in [6.07, 6.45) is 65.7. The van der Waals surface area contributed by atoms with Crippen molar-refractivity contribution in [2.75, 3.05) is 13.2 Å². The van der Waals surface area contributed by atoms with Crippen LogP contribution in [0.25, 0.3) is 0 Å². The molecule has 0 aromatic carbocycles. The molecule has 0 bridgehead atoms. The Bertz CT molecular complexity index is 1240. The molecule has 1 unspecified atom stereocenters. The topological polar surface area (TPSA) is 78.9 Å². The molecule has 360 valence electrons. The van der Waals surface area contributed by atoms with Crippen molar-refractivity contribution in [1.29, 1.82) is 0 Å². The third kappa shape index (κ3) is 49.5. The van der Waals surface area contributed by atoms with E-state index in [-0.39, 0.29) is 37.5 Å². The molecule has 0 heterocycles. The van der Waals surface area contributed by atoms with Crippen molar-refractivity contribution in [1.82, 2.24) is 0 Å². The van der Waals surface area contributed by atoms with Gasteiger partial charge >= 0.3 is 17.9 Å². The van der Waals surface area contributed by atoms with Gasteiger partial charge in [0.1, 0.15) is 13.2 Å². The number of rotatable bonds is 46. The maximum atomic E-state index is 12.8. The summed E-state index contributed by atoms with van der Waals surface area (Å²) in [4.78, 5) is 38.0. The van der Waals surface area contributed by atoms with Crippen molar-refractivity contribution in [2.45, 2.75) is 245 Å². The molecular formula is C57H96O6. The highest BCUT2D eigenvalue weighted by Gasteiger charge is 2.19. The van der Waals surface area contributed by atoms with Gasteiger partial charge in [-0.2, -0.15) is 0 Å². The van der Waals surface area contributed by atoms with E-state index in [2.05, 4.69) is 106 Å². The molecule has 0 saturated carbocycles. The summed E-state index contributed by atoms with van der Waals surface area (Å²) in [6.45, 7) is 6.42. The van der Waals surface area contributed by atoms with Crippen molar-refractivity contribution in [2.24, 2.45) is 0 Å². The third-order valence-electron chi connectivity index (χ3n) is 10.9. The number of ether oxygens (including phenoxy) is 3. The highest BCUT2D eigenvalue weighted by Crippen LogP contribution is 2.14. The first-order chi connectivity index (χ1) is 31.0. The van der Waals surface area contributed by atoms with Crippen LogP contribution in [0.1, 0.15) is 239 Å². The van der Waals surface area contributed by atoms with Crippen LogP contribution in [0.5, 0.6) is 0 Å². The fraction of sp³-hybridized carbons (Fsp3) is 0.702. The fourth-order valence-electron chi connectivity index (χ4n) is 6.98. The van der Waals surface area contributed by atoms with E-state index in [1.165, 1.54) is 109 Å².